The van der Waals surface area contributed by atoms with Crippen LogP contribution < -0.4 is 16.0 Å². The molecule has 0 aliphatic heterocycles. The summed E-state index contributed by atoms with van der Waals surface area (Å²) in [6.07, 6.45) is 2.41. The van der Waals surface area contributed by atoms with Crippen LogP contribution >= 0.6 is 0 Å². The number of hydrogen-bond acceptors (Lipinski definition) is 14. The summed E-state index contributed by atoms with van der Waals surface area (Å²) < 4.78 is 46.8. The first kappa shape index (κ1) is 52.3. The highest BCUT2D eigenvalue weighted by molar-refractivity contribution is 5.87. The van der Waals surface area contributed by atoms with Gasteiger partial charge in [-0.15, -0.1) is 0 Å². The van der Waals surface area contributed by atoms with Crippen molar-refractivity contribution in [3.05, 3.63) is 35.9 Å². The van der Waals surface area contributed by atoms with Crippen LogP contribution in [0, 0.1) is 0 Å². The minimum atomic E-state index is -0.769. The second kappa shape index (κ2) is 36.9. The van der Waals surface area contributed by atoms with E-state index in [0.29, 0.717) is 91.7 Å². The average molecular weight is 802 g/mol. The number of ether oxygens (including phenoxy) is 9. The van der Waals surface area contributed by atoms with Crippen molar-refractivity contribution in [1.29, 1.82) is 0 Å². The predicted molar refractivity (Wildman–Crippen MR) is 207 cm³/mol. The molecule has 3 amide bonds. The lowest BCUT2D eigenvalue weighted by atomic mass is 10.1. The number of carbonyl (C=O) groups is 5. The summed E-state index contributed by atoms with van der Waals surface area (Å²) in [5.74, 6) is -1.01. The van der Waals surface area contributed by atoms with Gasteiger partial charge in [-0.1, -0.05) is 30.3 Å². The third-order valence-electron chi connectivity index (χ3n) is 6.96. The van der Waals surface area contributed by atoms with Crippen molar-refractivity contribution in [3.8, 4) is 0 Å². The van der Waals surface area contributed by atoms with Gasteiger partial charge in [-0.2, -0.15) is 0 Å². The van der Waals surface area contributed by atoms with Crippen molar-refractivity contribution >= 4 is 30.2 Å². The smallest absolute Gasteiger partial charge is 0.407 e. The van der Waals surface area contributed by atoms with Crippen LogP contribution in [0.25, 0.3) is 0 Å². The summed E-state index contributed by atoms with van der Waals surface area (Å²) in [4.78, 5) is 58.5. The molecule has 1 aromatic rings. The van der Waals surface area contributed by atoms with Crippen molar-refractivity contribution in [1.82, 2.24) is 16.0 Å². The second-order valence-electron chi connectivity index (χ2n) is 13.0. The third kappa shape index (κ3) is 36.0. The Kier molecular flexibility index (Phi) is 34.5. The van der Waals surface area contributed by atoms with Gasteiger partial charge in [0.25, 0.3) is 0 Å². The largest absolute Gasteiger partial charge is 0.469 e. The summed E-state index contributed by atoms with van der Waals surface area (Å²) >= 11 is 0. The molecule has 0 aliphatic carbocycles. The van der Waals surface area contributed by atoms with Gasteiger partial charge in [0.2, 0.25) is 11.8 Å². The molecule has 0 saturated heterocycles. The fourth-order valence-electron chi connectivity index (χ4n) is 4.26. The molecule has 322 valence electrons. The van der Waals surface area contributed by atoms with Gasteiger partial charge >= 0.3 is 12.1 Å². The molecule has 0 fully saturated rings. The van der Waals surface area contributed by atoms with E-state index in [1.54, 1.807) is 27.9 Å². The van der Waals surface area contributed by atoms with E-state index in [9.17, 15) is 24.0 Å². The van der Waals surface area contributed by atoms with E-state index in [2.05, 4.69) is 20.7 Å². The van der Waals surface area contributed by atoms with E-state index < -0.39 is 17.7 Å². The maximum atomic E-state index is 12.9. The summed E-state index contributed by atoms with van der Waals surface area (Å²) in [5, 5.41) is 8.23. The highest BCUT2D eigenvalue weighted by atomic mass is 16.6. The Morgan fingerprint density at radius 1 is 0.679 bits per heavy atom. The highest BCUT2D eigenvalue weighted by Gasteiger charge is 2.20. The van der Waals surface area contributed by atoms with E-state index in [1.165, 1.54) is 12.7 Å². The Balaban J connectivity index is 0.00000292. The van der Waals surface area contributed by atoms with Crippen molar-refractivity contribution in [2.24, 2.45) is 0 Å². The number of amides is 3. The topological polar surface area (TPSA) is 205 Å². The molecule has 1 aromatic carbocycles. The van der Waals surface area contributed by atoms with Gasteiger partial charge < -0.3 is 63.4 Å². The number of alkyl carbamates (subject to hydrolysis) is 1. The van der Waals surface area contributed by atoms with Crippen LogP contribution in [0.1, 0.15) is 64.9 Å². The number of esters is 1. The molecule has 1 unspecified atom stereocenters. The Morgan fingerprint density at radius 3 is 1.79 bits per heavy atom. The fourth-order valence-corrected chi connectivity index (χ4v) is 4.26. The van der Waals surface area contributed by atoms with Crippen molar-refractivity contribution in [3.63, 3.8) is 0 Å². The van der Waals surface area contributed by atoms with E-state index in [0.717, 1.165) is 6.29 Å². The molecule has 1 atom stereocenters. The number of benzene rings is 1. The average Bonchev–Trinajstić information content (AvgIpc) is 3.16. The summed E-state index contributed by atoms with van der Waals surface area (Å²) in [7, 11) is 3.02. The Bertz CT molecular complexity index is 1140. The third-order valence-corrected chi connectivity index (χ3v) is 6.96. The fraction of sp³-hybridized carbons (Fsp3) is 0.718. The molecule has 0 spiro atoms. The summed E-state index contributed by atoms with van der Waals surface area (Å²) in [6, 6.07) is 9.34. The van der Waals surface area contributed by atoms with E-state index >= 15 is 0 Å². The maximum Gasteiger partial charge on any atom is 0.407 e. The van der Waals surface area contributed by atoms with Gasteiger partial charge in [0, 0.05) is 33.0 Å². The molecule has 0 radical (unpaired) electrons. The predicted octanol–water partition coefficient (Wildman–Crippen LogP) is 2.76. The Labute approximate surface area is 332 Å². The molecule has 0 heterocycles. The first-order valence-corrected chi connectivity index (χ1v) is 19.1. The van der Waals surface area contributed by atoms with Crippen molar-refractivity contribution < 1.29 is 66.6 Å². The summed E-state index contributed by atoms with van der Waals surface area (Å²) in [6.45, 7) is 10.5. The van der Waals surface area contributed by atoms with Crippen molar-refractivity contribution in [2.45, 2.75) is 77.5 Å². The van der Waals surface area contributed by atoms with E-state index in [-0.39, 0.29) is 63.6 Å². The number of methoxy groups -OCH3 is 2. The molecule has 56 heavy (non-hydrogen) atoms. The SMILES string of the molecule is COC(=O)CCOCCOCCOCCC(=O)NC(CCCCNC(=O)OC(C)(C)C)C(=O)NCCOCCOCCOCCC=O.COCc1ccccc1. The second-order valence-corrected chi connectivity index (χ2v) is 13.0. The first-order chi connectivity index (χ1) is 27.0. The number of nitrogens with one attached hydrogen (secondary N) is 3. The molecule has 17 heteroatoms. The van der Waals surface area contributed by atoms with Crippen LogP contribution in [-0.4, -0.2) is 148 Å². The lowest BCUT2D eigenvalue weighted by Crippen LogP contribution is -2.47. The zero-order chi connectivity index (χ0) is 41.5. The van der Waals surface area contributed by atoms with Gasteiger partial charge in [0.05, 0.1) is 99.4 Å². The van der Waals surface area contributed by atoms with Crippen LogP contribution in [-0.2, 0) is 68.4 Å². The number of hydrogen-bond donors (Lipinski definition) is 3. The van der Waals surface area contributed by atoms with Crippen LogP contribution in [0.5, 0.6) is 0 Å². The van der Waals surface area contributed by atoms with E-state index in [1.807, 2.05) is 30.3 Å². The normalized spacial score (nSPS) is 11.4. The van der Waals surface area contributed by atoms with Crippen LogP contribution in [0.15, 0.2) is 30.3 Å². The zero-order valence-corrected chi connectivity index (χ0v) is 34.1. The Morgan fingerprint density at radius 2 is 1.23 bits per heavy atom. The zero-order valence-electron chi connectivity index (χ0n) is 34.1. The maximum absolute atomic E-state index is 12.9. The van der Waals surface area contributed by atoms with Gasteiger partial charge in [-0.25, -0.2) is 4.79 Å². The van der Waals surface area contributed by atoms with Crippen LogP contribution in [0.2, 0.25) is 0 Å². The van der Waals surface area contributed by atoms with E-state index in [4.69, 9.17) is 37.9 Å². The molecular weight excluding hydrogens is 734 g/mol. The molecule has 0 bridgehead atoms. The first-order valence-electron chi connectivity index (χ1n) is 19.1. The van der Waals surface area contributed by atoms with Gasteiger partial charge in [-0.05, 0) is 45.6 Å². The standard InChI is InChI=1S/C31H57N3O13.C8H10O/c1-31(2,3)47-30(39)33-11-6-5-8-26(29(38)32-12-17-44-21-25-45-22-18-41-14-7-13-35)34-27(36)9-15-42-19-23-46-24-20-43-16-10-28(37)40-4;1-9-7-8-5-3-2-4-6-8/h13,26H,5-12,14-25H2,1-4H3,(H,32,38)(H,33,39)(H,34,36);2-6H,7H2,1H3. The monoisotopic (exact) mass is 801 g/mol. The summed E-state index contributed by atoms with van der Waals surface area (Å²) in [5.41, 5.74) is 0.626. The number of carbonyl (C=O) groups excluding carboxylic acids is 5. The lowest BCUT2D eigenvalue weighted by Gasteiger charge is -2.20. The molecule has 0 saturated carbocycles. The molecular formula is C39H67N3O14. The lowest BCUT2D eigenvalue weighted by molar-refractivity contribution is -0.142. The Hall–Kier alpha value is -3.71. The van der Waals surface area contributed by atoms with Crippen LogP contribution in [0.3, 0.4) is 0 Å². The molecule has 17 nitrogen and oxygen atoms in total. The minimum Gasteiger partial charge on any atom is -0.469 e. The highest BCUT2D eigenvalue weighted by Crippen LogP contribution is 2.07. The van der Waals surface area contributed by atoms with Crippen molar-refractivity contribution in [2.75, 3.05) is 107 Å². The molecule has 1 rings (SSSR count). The van der Waals surface area contributed by atoms with Gasteiger partial charge in [0.15, 0.2) is 0 Å². The van der Waals surface area contributed by atoms with Gasteiger partial charge in [-0.3, -0.25) is 14.4 Å². The molecule has 0 aromatic heterocycles. The number of rotatable bonds is 33. The molecule has 3 N–H and O–H groups in total. The number of aldehydes is 1. The molecule has 0 aliphatic rings. The van der Waals surface area contributed by atoms with Crippen LogP contribution in [0.4, 0.5) is 4.79 Å². The van der Waals surface area contributed by atoms with Gasteiger partial charge in [0.1, 0.15) is 17.9 Å². The quantitative estimate of drug-likeness (QED) is 0.0532. The minimum absolute atomic E-state index is 0.0614. The number of unbranched alkanes of at least 4 members (excludes halogenated alkanes) is 1.